The van der Waals surface area contributed by atoms with Crippen molar-refractivity contribution >= 4 is 22.6 Å². The summed E-state index contributed by atoms with van der Waals surface area (Å²) in [4.78, 5) is 4.72. The van der Waals surface area contributed by atoms with Gasteiger partial charge in [0.15, 0.2) is 5.17 Å². The Balaban J connectivity index is 1.69. The second kappa shape index (κ2) is 5.76. The fourth-order valence-corrected chi connectivity index (χ4v) is 4.24. The van der Waals surface area contributed by atoms with Crippen molar-refractivity contribution in [2.45, 2.75) is 39.0 Å². The van der Waals surface area contributed by atoms with Crippen molar-refractivity contribution in [1.82, 2.24) is 0 Å². The molecular formula is C16H21FN2S. The third-order valence-electron chi connectivity index (χ3n) is 4.43. The fraction of sp³-hybridized carbons (Fsp3) is 0.562. The lowest BCUT2D eigenvalue weighted by atomic mass is 9.75. The van der Waals surface area contributed by atoms with Crippen molar-refractivity contribution in [2.24, 2.45) is 10.4 Å². The topological polar surface area (TPSA) is 24.4 Å². The molecule has 1 heterocycles. The highest BCUT2D eigenvalue weighted by atomic mass is 32.2. The van der Waals surface area contributed by atoms with E-state index in [-0.39, 0.29) is 5.82 Å². The Bertz CT molecular complexity index is 521. The van der Waals surface area contributed by atoms with Crippen molar-refractivity contribution in [3.05, 3.63) is 29.6 Å². The number of rotatable bonds is 1. The minimum Gasteiger partial charge on any atom is -0.335 e. The lowest BCUT2D eigenvalue weighted by Gasteiger charge is -2.38. The van der Waals surface area contributed by atoms with Crippen LogP contribution in [0.2, 0.25) is 0 Å². The SMILES string of the molecule is Cc1ccc(F)cc1NC1=NCC2(CCCCC2)CS1. The first-order chi connectivity index (χ1) is 9.67. The third kappa shape index (κ3) is 3.00. The minimum atomic E-state index is -0.205. The van der Waals surface area contributed by atoms with Crippen molar-refractivity contribution in [3.63, 3.8) is 0 Å². The summed E-state index contributed by atoms with van der Waals surface area (Å²) in [6.07, 6.45) is 6.71. The van der Waals surface area contributed by atoms with Gasteiger partial charge in [-0.2, -0.15) is 0 Å². The van der Waals surface area contributed by atoms with Gasteiger partial charge in [0.05, 0.1) is 0 Å². The normalized spacial score (nSPS) is 21.6. The Morgan fingerprint density at radius 3 is 2.75 bits per heavy atom. The molecule has 4 heteroatoms. The molecule has 0 radical (unpaired) electrons. The minimum absolute atomic E-state index is 0.205. The van der Waals surface area contributed by atoms with E-state index in [1.807, 2.05) is 6.92 Å². The molecule has 108 valence electrons. The van der Waals surface area contributed by atoms with Crippen LogP contribution < -0.4 is 5.32 Å². The largest absolute Gasteiger partial charge is 0.335 e. The van der Waals surface area contributed by atoms with Crippen LogP contribution >= 0.6 is 11.8 Å². The predicted octanol–water partition coefficient (Wildman–Crippen LogP) is 4.60. The summed E-state index contributed by atoms with van der Waals surface area (Å²) in [5.74, 6) is 0.941. The van der Waals surface area contributed by atoms with E-state index >= 15 is 0 Å². The van der Waals surface area contributed by atoms with E-state index in [9.17, 15) is 4.39 Å². The van der Waals surface area contributed by atoms with Crippen molar-refractivity contribution < 1.29 is 4.39 Å². The number of hydrogen-bond donors (Lipinski definition) is 1. The summed E-state index contributed by atoms with van der Waals surface area (Å²) in [7, 11) is 0. The van der Waals surface area contributed by atoms with E-state index in [0.29, 0.717) is 5.41 Å². The van der Waals surface area contributed by atoms with Gasteiger partial charge in [-0.15, -0.1) is 0 Å². The first-order valence-electron chi connectivity index (χ1n) is 7.37. The molecule has 0 saturated heterocycles. The van der Waals surface area contributed by atoms with Gasteiger partial charge in [0.2, 0.25) is 0 Å². The molecule has 1 aliphatic carbocycles. The molecule has 2 aliphatic rings. The molecule has 0 unspecified atom stereocenters. The number of benzene rings is 1. The number of halogens is 1. The van der Waals surface area contributed by atoms with Gasteiger partial charge in [-0.05, 0) is 42.9 Å². The van der Waals surface area contributed by atoms with E-state index in [1.54, 1.807) is 23.9 Å². The average Bonchev–Trinajstić information content (AvgIpc) is 2.47. The molecule has 0 aromatic heterocycles. The Labute approximate surface area is 124 Å². The molecule has 1 fully saturated rings. The van der Waals surface area contributed by atoms with Crippen molar-refractivity contribution in [1.29, 1.82) is 0 Å². The fourth-order valence-electron chi connectivity index (χ4n) is 3.08. The molecule has 2 nitrogen and oxygen atoms in total. The van der Waals surface area contributed by atoms with E-state index in [4.69, 9.17) is 4.99 Å². The number of aryl methyl sites for hydroxylation is 1. The standard InChI is InChI=1S/C16H21FN2S/c1-12-5-6-13(17)9-14(12)19-15-18-10-16(11-20-15)7-3-2-4-8-16/h5-6,9H,2-4,7-8,10-11H2,1H3,(H,18,19). The molecule has 1 aromatic rings. The average molecular weight is 292 g/mol. The van der Waals surface area contributed by atoms with Gasteiger partial charge in [-0.1, -0.05) is 37.1 Å². The zero-order valence-corrected chi connectivity index (χ0v) is 12.7. The summed E-state index contributed by atoms with van der Waals surface area (Å²) in [6, 6.07) is 4.84. The molecule has 0 atom stereocenters. The number of thioether (sulfide) groups is 1. The number of amidine groups is 1. The summed E-state index contributed by atoms with van der Waals surface area (Å²) in [5, 5.41) is 4.22. The zero-order valence-electron chi connectivity index (χ0n) is 11.9. The molecule has 1 aliphatic heterocycles. The predicted molar refractivity (Wildman–Crippen MR) is 85.0 cm³/mol. The van der Waals surface area contributed by atoms with Crippen molar-refractivity contribution in [3.8, 4) is 0 Å². The number of nitrogens with one attached hydrogen (secondary N) is 1. The first kappa shape index (κ1) is 13.9. The Morgan fingerprint density at radius 2 is 2.05 bits per heavy atom. The smallest absolute Gasteiger partial charge is 0.161 e. The van der Waals surface area contributed by atoms with Gasteiger partial charge in [-0.3, -0.25) is 4.99 Å². The van der Waals surface area contributed by atoms with Gasteiger partial charge in [-0.25, -0.2) is 4.39 Å². The van der Waals surface area contributed by atoms with Crippen LogP contribution in [0.4, 0.5) is 10.1 Å². The van der Waals surface area contributed by atoms with Crippen LogP contribution in [0.15, 0.2) is 23.2 Å². The second-order valence-corrected chi connectivity index (χ2v) is 7.02. The lowest BCUT2D eigenvalue weighted by Crippen LogP contribution is -2.35. The van der Waals surface area contributed by atoms with Crippen LogP contribution in [0.1, 0.15) is 37.7 Å². The molecule has 1 saturated carbocycles. The van der Waals surface area contributed by atoms with E-state index in [2.05, 4.69) is 5.32 Å². The Kier molecular flexibility index (Phi) is 4.01. The van der Waals surface area contributed by atoms with E-state index in [0.717, 1.165) is 28.7 Å². The number of hydrogen-bond acceptors (Lipinski definition) is 3. The molecular weight excluding hydrogens is 271 g/mol. The summed E-state index contributed by atoms with van der Waals surface area (Å²) >= 11 is 1.79. The van der Waals surface area contributed by atoms with Gasteiger partial charge in [0.1, 0.15) is 5.82 Å². The second-order valence-electron chi connectivity index (χ2n) is 6.05. The highest BCUT2D eigenvalue weighted by molar-refractivity contribution is 8.14. The molecule has 0 amide bonds. The summed E-state index contributed by atoms with van der Waals surface area (Å²) in [6.45, 7) is 2.91. The highest BCUT2D eigenvalue weighted by Crippen LogP contribution is 2.42. The third-order valence-corrected chi connectivity index (χ3v) is 5.69. The van der Waals surface area contributed by atoms with Gasteiger partial charge < -0.3 is 5.32 Å². The van der Waals surface area contributed by atoms with Gasteiger partial charge >= 0.3 is 0 Å². The Morgan fingerprint density at radius 1 is 1.25 bits per heavy atom. The van der Waals surface area contributed by atoms with Crippen molar-refractivity contribution in [2.75, 3.05) is 17.6 Å². The lowest BCUT2D eigenvalue weighted by molar-refractivity contribution is 0.232. The molecule has 1 N–H and O–H groups in total. The molecule has 20 heavy (non-hydrogen) atoms. The quantitative estimate of drug-likeness (QED) is 0.818. The number of anilines is 1. The molecule has 1 aromatic carbocycles. The molecule has 3 rings (SSSR count). The summed E-state index contributed by atoms with van der Waals surface area (Å²) < 4.78 is 13.3. The van der Waals surface area contributed by atoms with E-state index < -0.39 is 0 Å². The number of nitrogens with zero attached hydrogens (tertiary/aromatic N) is 1. The molecule has 1 spiro atoms. The van der Waals surface area contributed by atoms with Gasteiger partial charge in [0.25, 0.3) is 0 Å². The van der Waals surface area contributed by atoms with Gasteiger partial charge in [0, 0.05) is 18.0 Å². The van der Waals surface area contributed by atoms with Crippen LogP contribution in [-0.4, -0.2) is 17.5 Å². The van der Waals surface area contributed by atoms with Crippen LogP contribution in [-0.2, 0) is 0 Å². The van der Waals surface area contributed by atoms with Crippen LogP contribution in [0, 0.1) is 18.2 Å². The zero-order chi connectivity index (χ0) is 14.0. The maximum Gasteiger partial charge on any atom is 0.161 e. The summed E-state index contributed by atoms with van der Waals surface area (Å²) in [5.41, 5.74) is 2.31. The van der Waals surface area contributed by atoms with Crippen LogP contribution in [0.25, 0.3) is 0 Å². The number of aliphatic imine (C=N–C) groups is 1. The highest BCUT2D eigenvalue weighted by Gasteiger charge is 2.34. The monoisotopic (exact) mass is 292 g/mol. The first-order valence-corrected chi connectivity index (χ1v) is 8.36. The molecule has 0 bridgehead atoms. The maximum absolute atomic E-state index is 13.3. The van der Waals surface area contributed by atoms with E-state index in [1.165, 1.54) is 38.2 Å². The van der Waals surface area contributed by atoms with Crippen LogP contribution in [0.5, 0.6) is 0 Å². The Hall–Kier alpha value is -1.03. The van der Waals surface area contributed by atoms with Crippen LogP contribution in [0.3, 0.4) is 0 Å². The maximum atomic E-state index is 13.3.